The van der Waals surface area contributed by atoms with Gasteiger partial charge in [-0.3, -0.25) is 4.79 Å². The molecule has 0 aliphatic carbocycles. The largest absolute Gasteiger partial charge is 0.443 e. The third kappa shape index (κ3) is 4.66. The van der Waals surface area contributed by atoms with E-state index < -0.39 is 34.7 Å². The molecule has 1 amide bonds. The monoisotopic (exact) mass is 453 g/mol. The Kier molecular flexibility index (Phi) is 6.00. The highest BCUT2D eigenvalue weighted by Gasteiger charge is 2.28. The van der Waals surface area contributed by atoms with Crippen molar-refractivity contribution in [3.8, 4) is 5.69 Å². The van der Waals surface area contributed by atoms with Crippen molar-refractivity contribution in [2.75, 3.05) is 11.4 Å². The Labute approximate surface area is 180 Å². The standard InChI is InChI=1S/C21H19ClF3N3O3/c1-5-27(20(30)31-21(2,3)4)19-26-17-15(9-13(25)10-16(17)22)18(29)28(19)14-7-11(23)6-12(24)8-14/h6-10H,5H2,1-4H3. The van der Waals surface area contributed by atoms with Gasteiger partial charge >= 0.3 is 6.09 Å². The van der Waals surface area contributed by atoms with Gasteiger partial charge in [-0.1, -0.05) is 11.6 Å². The quantitative estimate of drug-likeness (QED) is 0.545. The lowest BCUT2D eigenvalue weighted by Gasteiger charge is -2.27. The number of carbonyl (C=O) groups is 1. The summed E-state index contributed by atoms with van der Waals surface area (Å²) < 4.78 is 47.9. The molecule has 0 saturated carbocycles. The smallest absolute Gasteiger partial charge is 0.417 e. The number of halogens is 4. The zero-order chi connectivity index (χ0) is 23.1. The maximum Gasteiger partial charge on any atom is 0.417 e. The predicted octanol–water partition coefficient (Wildman–Crippen LogP) is 5.22. The van der Waals surface area contributed by atoms with Crippen LogP contribution in [0.5, 0.6) is 0 Å². The third-order valence-electron chi connectivity index (χ3n) is 4.15. The summed E-state index contributed by atoms with van der Waals surface area (Å²) in [5, 5.41) is -0.384. The van der Waals surface area contributed by atoms with Crippen LogP contribution in [0, 0.1) is 17.5 Å². The molecule has 2 aromatic carbocycles. The third-order valence-corrected chi connectivity index (χ3v) is 4.44. The number of ether oxygens (including phenoxy) is 1. The molecule has 1 aromatic heterocycles. The van der Waals surface area contributed by atoms with Crippen LogP contribution in [-0.2, 0) is 4.74 Å². The average molecular weight is 454 g/mol. The van der Waals surface area contributed by atoms with Crippen molar-refractivity contribution >= 4 is 34.5 Å². The second-order valence-corrected chi connectivity index (χ2v) is 8.10. The van der Waals surface area contributed by atoms with Gasteiger partial charge in [-0.15, -0.1) is 0 Å². The van der Waals surface area contributed by atoms with E-state index in [-0.39, 0.29) is 34.1 Å². The first kappa shape index (κ1) is 22.6. The molecule has 0 N–H and O–H groups in total. The lowest BCUT2D eigenvalue weighted by atomic mass is 10.2. The average Bonchev–Trinajstić information content (AvgIpc) is 2.61. The molecule has 0 radical (unpaired) electrons. The summed E-state index contributed by atoms with van der Waals surface area (Å²) in [4.78, 5) is 31.4. The van der Waals surface area contributed by atoms with Gasteiger partial charge in [0, 0.05) is 12.6 Å². The minimum Gasteiger partial charge on any atom is -0.443 e. The van der Waals surface area contributed by atoms with Crippen molar-refractivity contribution < 1.29 is 22.7 Å². The van der Waals surface area contributed by atoms with Crippen molar-refractivity contribution in [3.05, 3.63) is 63.2 Å². The number of aromatic nitrogens is 2. The van der Waals surface area contributed by atoms with Gasteiger partial charge in [0.05, 0.1) is 21.6 Å². The molecule has 0 saturated heterocycles. The summed E-state index contributed by atoms with van der Waals surface area (Å²) in [6.07, 6.45) is -0.842. The van der Waals surface area contributed by atoms with Gasteiger partial charge in [0.15, 0.2) is 0 Å². The molecule has 10 heteroatoms. The van der Waals surface area contributed by atoms with Gasteiger partial charge in [0.25, 0.3) is 5.56 Å². The molecule has 0 aliphatic heterocycles. The Morgan fingerprint density at radius 3 is 2.23 bits per heavy atom. The number of hydrogen-bond donors (Lipinski definition) is 0. The number of fused-ring (bicyclic) bond motifs is 1. The summed E-state index contributed by atoms with van der Waals surface area (Å²) in [6, 6.07) is 4.30. The lowest BCUT2D eigenvalue weighted by molar-refractivity contribution is 0.0579. The molecular weight excluding hydrogens is 435 g/mol. The molecular formula is C21H19ClF3N3O3. The van der Waals surface area contributed by atoms with E-state index in [1.165, 1.54) is 0 Å². The second-order valence-electron chi connectivity index (χ2n) is 7.69. The molecule has 0 unspecified atom stereocenters. The molecule has 3 rings (SSSR count). The van der Waals surface area contributed by atoms with Crippen LogP contribution in [0.15, 0.2) is 35.1 Å². The number of carbonyl (C=O) groups excluding carboxylic acids is 1. The number of hydrogen-bond acceptors (Lipinski definition) is 4. The summed E-state index contributed by atoms with van der Waals surface area (Å²) in [6.45, 7) is 6.57. The molecule has 0 atom stereocenters. The molecule has 0 spiro atoms. The Morgan fingerprint density at radius 2 is 1.68 bits per heavy atom. The van der Waals surface area contributed by atoms with Crippen LogP contribution in [0.1, 0.15) is 27.7 Å². The first-order chi connectivity index (χ1) is 14.4. The molecule has 3 aromatic rings. The number of benzene rings is 2. The molecule has 0 aliphatic rings. The SMILES string of the molecule is CCN(C(=O)OC(C)(C)C)c1nc2c(Cl)cc(F)cc2c(=O)n1-c1cc(F)cc(F)c1. The fraction of sp³-hybridized carbons (Fsp3) is 0.286. The normalized spacial score (nSPS) is 11.6. The molecule has 31 heavy (non-hydrogen) atoms. The van der Waals surface area contributed by atoms with Gasteiger partial charge < -0.3 is 4.74 Å². The maximum absolute atomic E-state index is 13.9. The lowest BCUT2D eigenvalue weighted by Crippen LogP contribution is -2.40. The Morgan fingerprint density at radius 1 is 1.10 bits per heavy atom. The van der Waals surface area contributed by atoms with Gasteiger partial charge in [-0.2, -0.15) is 0 Å². The topological polar surface area (TPSA) is 64.4 Å². The van der Waals surface area contributed by atoms with E-state index in [9.17, 15) is 22.8 Å². The van der Waals surface area contributed by atoms with Crippen LogP contribution in [0.2, 0.25) is 5.02 Å². The zero-order valence-electron chi connectivity index (χ0n) is 17.2. The summed E-state index contributed by atoms with van der Waals surface area (Å²) >= 11 is 6.08. The van der Waals surface area contributed by atoms with Gasteiger partial charge in [0.1, 0.15) is 23.1 Å². The van der Waals surface area contributed by atoms with E-state index >= 15 is 0 Å². The van der Waals surface area contributed by atoms with Crippen molar-refractivity contribution in [2.45, 2.75) is 33.3 Å². The number of amides is 1. The Balaban J connectivity index is 2.40. The minimum atomic E-state index is -0.953. The van der Waals surface area contributed by atoms with Gasteiger partial charge in [0.2, 0.25) is 5.95 Å². The first-order valence-corrected chi connectivity index (χ1v) is 9.68. The van der Waals surface area contributed by atoms with E-state index in [1.807, 2.05) is 0 Å². The number of nitrogens with zero attached hydrogens (tertiary/aromatic N) is 3. The zero-order valence-corrected chi connectivity index (χ0v) is 17.9. The Hall–Kier alpha value is -3.07. The number of anilines is 1. The van der Waals surface area contributed by atoms with Crippen LogP contribution in [0.3, 0.4) is 0 Å². The highest BCUT2D eigenvalue weighted by atomic mass is 35.5. The van der Waals surface area contributed by atoms with E-state index in [0.717, 1.165) is 33.7 Å². The molecule has 6 nitrogen and oxygen atoms in total. The van der Waals surface area contributed by atoms with Crippen molar-refractivity contribution in [1.29, 1.82) is 0 Å². The summed E-state index contributed by atoms with van der Waals surface area (Å²) in [5.74, 6) is -2.98. The van der Waals surface area contributed by atoms with Crippen LogP contribution in [0.25, 0.3) is 16.6 Å². The highest BCUT2D eigenvalue weighted by molar-refractivity contribution is 6.35. The van der Waals surface area contributed by atoms with Gasteiger partial charge in [-0.25, -0.2) is 32.4 Å². The van der Waals surface area contributed by atoms with Crippen LogP contribution in [-0.4, -0.2) is 27.8 Å². The van der Waals surface area contributed by atoms with E-state index in [2.05, 4.69) is 4.98 Å². The summed E-state index contributed by atoms with van der Waals surface area (Å²) in [7, 11) is 0. The second kappa shape index (κ2) is 8.22. The van der Waals surface area contributed by atoms with Gasteiger partial charge in [-0.05, 0) is 52.0 Å². The molecule has 0 bridgehead atoms. The fourth-order valence-electron chi connectivity index (χ4n) is 2.96. The van der Waals surface area contributed by atoms with Crippen LogP contribution in [0.4, 0.5) is 23.9 Å². The van der Waals surface area contributed by atoms with Crippen molar-refractivity contribution in [3.63, 3.8) is 0 Å². The van der Waals surface area contributed by atoms with E-state index in [4.69, 9.17) is 16.3 Å². The molecule has 0 fully saturated rings. The van der Waals surface area contributed by atoms with Crippen molar-refractivity contribution in [1.82, 2.24) is 9.55 Å². The predicted molar refractivity (Wildman–Crippen MR) is 111 cm³/mol. The molecule has 164 valence electrons. The molecule has 1 heterocycles. The van der Waals surface area contributed by atoms with E-state index in [1.54, 1.807) is 27.7 Å². The Bertz CT molecular complexity index is 1220. The minimum absolute atomic E-state index is 0.00344. The number of rotatable bonds is 3. The first-order valence-electron chi connectivity index (χ1n) is 9.30. The van der Waals surface area contributed by atoms with Crippen LogP contribution >= 0.6 is 11.6 Å². The van der Waals surface area contributed by atoms with Crippen LogP contribution < -0.4 is 10.5 Å². The summed E-state index contributed by atoms with van der Waals surface area (Å²) in [5.41, 5.74) is -2.04. The van der Waals surface area contributed by atoms with Crippen molar-refractivity contribution in [2.24, 2.45) is 0 Å². The fourth-order valence-corrected chi connectivity index (χ4v) is 3.20. The van der Waals surface area contributed by atoms with E-state index in [0.29, 0.717) is 6.07 Å². The highest BCUT2D eigenvalue weighted by Crippen LogP contribution is 2.27. The maximum atomic E-state index is 13.9.